The average Bonchev–Trinajstić information content (AvgIpc) is 3.09. The number of fused-ring (bicyclic) bond motifs is 1. The Morgan fingerprint density at radius 3 is 2.79 bits per heavy atom. The highest BCUT2D eigenvalue weighted by Gasteiger charge is 2.38. The minimum Gasteiger partial charge on any atom is -0.480 e. The van der Waals surface area contributed by atoms with Gasteiger partial charge in [0.15, 0.2) is 11.8 Å². The van der Waals surface area contributed by atoms with Crippen molar-refractivity contribution in [2.45, 2.75) is 25.2 Å². The minimum atomic E-state index is -4.55. The van der Waals surface area contributed by atoms with Crippen molar-refractivity contribution in [1.29, 1.82) is 0 Å². The van der Waals surface area contributed by atoms with Crippen molar-refractivity contribution in [3.05, 3.63) is 47.3 Å². The molecule has 1 aliphatic rings. The number of hydrogen-bond donors (Lipinski definition) is 0. The Balaban J connectivity index is 1.72. The monoisotopic (exact) mass is 339 g/mol. The molecule has 1 aromatic carbocycles. The summed E-state index contributed by atoms with van der Waals surface area (Å²) in [7, 11) is 2.87. The second-order valence-electron chi connectivity index (χ2n) is 5.79. The number of benzene rings is 1. The molecule has 1 unspecified atom stereocenters. The molecule has 1 amide bonds. The average molecular weight is 339 g/mol. The van der Waals surface area contributed by atoms with Crippen LogP contribution in [-0.4, -0.2) is 33.7 Å². The molecule has 0 N–H and O–H groups in total. The summed E-state index contributed by atoms with van der Waals surface area (Å²) in [6.45, 7) is -0.183. The number of alkyl halides is 3. The number of ether oxygens (including phenoxy) is 1. The quantitative estimate of drug-likeness (QED) is 0.863. The molecule has 2 aromatic rings. The van der Waals surface area contributed by atoms with Crippen molar-refractivity contribution in [1.82, 2.24) is 14.7 Å². The zero-order valence-corrected chi connectivity index (χ0v) is 13.2. The van der Waals surface area contributed by atoms with E-state index in [9.17, 15) is 18.0 Å². The van der Waals surface area contributed by atoms with E-state index in [0.29, 0.717) is 12.2 Å². The lowest BCUT2D eigenvalue weighted by molar-refractivity contribution is -0.143. The molecule has 0 radical (unpaired) electrons. The molecule has 0 bridgehead atoms. The van der Waals surface area contributed by atoms with Gasteiger partial charge < -0.3 is 9.64 Å². The summed E-state index contributed by atoms with van der Waals surface area (Å²) in [4.78, 5) is 13.7. The van der Waals surface area contributed by atoms with E-state index in [1.165, 1.54) is 25.2 Å². The van der Waals surface area contributed by atoms with E-state index >= 15 is 0 Å². The molecule has 24 heavy (non-hydrogen) atoms. The highest BCUT2D eigenvalue weighted by Crippen LogP contribution is 2.32. The highest BCUT2D eigenvalue weighted by molar-refractivity contribution is 5.82. The Labute approximate surface area is 136 Å². The van der Waals surface area contributed by atoms with Crippen LogP contribution >= 0.6 is 0 Å². The molecule has 3 rings (SSSR count). The summed E-state index contributed by atoms with van der Waals surface area (Å²) < 4.78 is 45.7. The van der Waals surface area contributed by atoms with Gasteiger partial charge in [0, 0.05) is 38.8 Å². The maximum Gasteiger partial charge on any atom is 0.435 e. The fraction of sp³-hybridized carbons (Fsp3) is 0.375. The molecular formula is C16H16F3N3O2. The molecule has 5 nitrogen and oxygen atoms in total. The van der Waals surface area contributed by atoms with Gasteiger partial charge >= 0.3 is 6.18 Å². The maximum atomic E-state index is 13.0. The van der Waals surface area contributed by atoms with Gasteiger partial charge in [-0.15, -0.1) is 0 Å². The van der Waals surface area contributed by atoms with Crippen LogP contribution in [0.5, 0.6) is 5.75 Å². The summed E-state index contributed by atoms with van der Waals surface area (Å²) >= 11 is 0. The number of aryl methyl sites for hydroxylation is 1. The number of para-hydroxylation sites is 1. The zero-order chi connectivity index (χ0) is 17.5. The SMILES string of the molecule is CN(Cc1cn(C)nc1C(F)(F)F)C(=O)C1Cc2ccccc2O1. The Morgan fingerprint density at radius 1 is 1.42 bits per heavy atom. The van der Waals surface area contributed by atoms with Crippen molar-refractivity contribution < 1.29 is 22.7 Å². The third-order valence-corrected chi connectivity index (χ3v) is 3.88. The van der Waals surface area contributed by atoms with Gasteiger partial charge in [0.25, 0.3) is 5.91 Å². The van der Waals surface area contributed by atoms with Gasteiger partial charge in [0.2, 0.25) is 0 Å². The standard InChI is InChI=1S/C16H16F3N3O2/c1-21(8-11-9-22(2)20-14(11)16(17,18)19)15(23)13-7-10-5-3-4-6-12(10)24-13/h3-6,9,13H,7-8H2,1-2H3. The maximum absolute atomic E-state index is 13.0. The van der Waals surface area contributed by atoms with Crippen LogP contribution in [0.4, 0.5) is 13.2 Å². The van der Waals surface area contributed by atoms with Crippen molar-refractivity contribution in [2.75, 3.05) is 7.05 Å². The topological polar surface area (TPSA) is 47.4 Å². The lowest BCUT2D eigenvalue weighted by Gasteiger charge is -2.21. The van der Waals surface area contributed by atoms with E-state index in [-0.39, 0.29) is 18.0 Å². The van der Waals surface area contributed by atoms with Gasteiger partial charge in [-0.3, -0.25) is 9.48 Å². The fourth-order valence-electron chi connectivity index (χ4n) is 2.79. The molecule has 0 fully saturated rings. The van der Waals surface area contributed by atoms with Crippen LogP contribution < -0.4 is 4.74 Å². The Morgan fingerprint density at radius 2 is 2.12 bits per heavy atom. The van der Waals surface area contributed by atoms with Crippen LogP contribution in [0.3, 0.4) is 0 Å². The fourth-order valence-corrected chi connectivity index (χ4v) is 2.79. The summed E-state index contributed by atoms with van der Waals surface area (Å²) in [6.07, 6.45) is -3.57. The normalized spacial score (nSPS) is 16.6. The van der Waals surface area contributed by atoms with Crippen molar-refractivity contribution in [2.24, 2.45) is 7.05 Å². The van der Waals surface area contributed by atoms with E-state index in [0.717, 1.165) is 10.2 Å². The number of aromatic nitrogens is 2. The molecule has 8 heteroatoms. The first-order chi connectivity index (χ1) is 11.3. The number of amides is 1. The Bertz CT molecular complexity index is 745. The smallest absolute Gasteiger partial charge is 0.435 e. The van der Waals surface area contributed by atoms with Crippen molar-refractivity contribution in [3.8, 4) is 5.75 Å². The van der Waals surface area contributed by atoms with Crippen LogP contribution in [0.1, 0.15) is 16.8 Å². The molecule has 1 atom stereocenters. The molecular weight excluding hydrogens is 323 g/mol. The highest BCUT2D eigenvalue weighted by atomic mass is 19.4. The van der Waals surface area contributed by atoms with Gasteiger partial charge in [-0.2, -0.15) is 18.3 Å². The van der Waals surface area contributed by atoms with Gasteiger partial charge in [-0.1, -0.05) is 18.2 Å². The van der Waals surface area contributed by atoms with E-state index in [1.807, 2.05) is 12.1 Å². The second kappa shape index (κ2) is 5.85. The number of likely N-dealkylation sites (N-methyl/N-ethyl adjacent to an activating group) is 1. The summed E-state index contributed by atoms with van der Waals surface area (Å²) in [5.74, 6) is 0.282. The number of carbonyl (C=O) groups is 1. The van der Waals surface area contributed by atoms with Crippen LogP contribution in [0.15, 0.2) is 30.5 Å². The second-order valence-corrected chi connectivity index (χ2v) is 5.79. The molecule has 1 aliphatic heterocycles. The Hall–Kier alpha value is -2.51. The summed E-state index contributed by atoms with van der Waals surface area (Å²) in [6, 6.07) is 7.29. The molecule has 2 heterocycles. The molecule has 0 saturated heterocycles. The third kappa shape index (κ3) is 3.08. The molecule has 1 aromatic heterocycles. The number of carbonyl (C=O) groups excluding carboxylic acids is 1. The van der Waals surface area contributed by atoms with Crippen LogP contribution in [0, 0.1) is 0 Å². The van der Waals surface area contributed by atoms with E-state index in [1.54, 1.807) is 12.1 Å². The largest absolute Gasteiger partial charge is 0.480 e. The first-order valence-corrected chi connectivity index (χ1v) is 7.35. The van der Waals surface area contributed by atoms with Crippen molar-refractivity contribution in [3.63, 3.8) is 0 Å². The zero-order valence-electron chi connectivity index (χ0n) is 13.2. The molecule has 0 aliphatic carbocycles. The van der Waals surface area contributed by atoms with Crippen LogP contribution in [-0.2, 0) is 31.0 Å². The van der Waals surface area contributed by atoms with Gasteiger partial charge in [0.1, 0.15) is 5.75 Å². The summed E-state index contributed by atoms with van der Waals surface area (Å²) in [5.41, 5.74) is -0.0988. The number of halogens is 3. The third-order valence-electron chi connectivity index (χ3n) is 3.88. The van der Waals surface area contributed by atoms with E-state index in [2.05, 4.69) is 5.10 Å². The number of hydrogen-bond acceptors (Lipinski definition) is 3. The summed E-state index contributed by atoms with van der Waals surface area (Å²) in [5, 5.41) is 3.45. The molecule has 128 valence electrons. The van der Waals surface area contributed by atoms with Crippen molar-refractivity contribution >= 4 is 5.91 Å². The first kappa shape index (κ1) is 16.4. The van der Waals surface area contributed by atoms with Crippen LogP contribution in [0.2, 0.25) is 0 Å². The predicted molar refractivity (Wildman–Crippen MR) is 79.2 cm³/mol. The molecule has 0 saturated carbocycles. The van der Waals surface area contributed by atoms with Crippen LogP contribution in [0.25, 0.3) is 0 Å². The number of rotatable bonds is 3. The lowest BCUT2D eigenvalue weighted by atomic mass is 10.1. The first-order valence-electron chi connectivity index (χ1n) is 7.35. The van der Waals surface area contributed by atoms with E-state index < -0.39 is 18.0 Å². The minimum absolute atomic E-state index is 0.0450. The van der Waals surface area contributed by atoms with Gasteiger partial charge in [0.05, 0.1) is 0 Å². The van der Waals surface area contributed by atoms with Gasteiger partial charge in [-0.05, 0) is 11.6 Å². The predicted octanol–water partition coefficient (Wildman–Crippen LogP) is 2.40. The Kier molecular flexibility index (Phi) is 3.98. The van der Waals surface area contributed by atoms with Gasteiger partial charge in [-0.25, -0.2) is 0 Å². The lowest BCUT2D eigenvalue weighted by Crippen LogP contribution is -2.38. The number of nitrogens with zero attached hydrogens (tertiary/aromatic N) is 3. The van der Waals surface area contributed by atoms with E-state index in [4.69, 9.17) is 4.74 Å². The molecule has 0 spiro atoms.